The van der Waals surface area contributed by atoms with Gasteiger partial charge in [-0.1, -0.05) is 0 Å². The lowest BCUT2D eigenvalue weighted by Crippen LogP contribution is -2.18. The normalized spacial score (nSPS) is 21.3. The van der Waals surface area contributed by atoms with Crippen LogP contribution in [0.15, 0.2) is 12.1 Å². The maximum Gasteiger partial charge on any atom is 0.203 e. The van der Waals surface area contributed by atoms with E-state index in [0.717, 1.165) is 24.9 Å². The number of hydrogen-bond acceptors (Lipinski definition) is 5. The molecule has 2 unspecified atom stereocenters. The molecule has 0 bridgehead atoms. The fourth-order valence-corrected chi connectivity index (χ4v) is 2.57. The summed E-state index contributed by atoms with van der Waals surface area (Å²) in [7, 11) is 5.18. The minimum absolute atomic E-state index is 0.145. The van der Waals surface area contributed by atoms with Crippen LogP contribution in [-0.4, -0.2) is 40.1 Å². The van der Waals surface area contributed by atoms with Gasteiger partial charge in [0.15, 0.2) is 11.5 Å². The van der Waals surface area contributed by atoms with Crippen molar-refractivity contribution in [2.24, 2.45) is 0 Å². The molecule has 21 heavy (non-hydrogen) atoms. The van der Waals surface area contributed by atoms with Crippen LogP contribution in [0.4, 0.5) is 0 Å². The summed E-state index contributed by atoms with van der Waals surface area (Å²) in [6.45, 7) is 3.35. The highest BCUT2D eigenvalue weighted by Crippen LogP contribution is 2.39. The molecule has 0 aliphatic carbocycles. The van der Waals surface area contributed by atoms with Gasteiger partial charge in [-0.05, 0) is 44.5 Å². The third-order valence-electron chi connectivity index (χ3n) is 3.63. The van der Waals surface area contributed by atoms with Crippen LogP contribution in [-0.2, 0) is 11.3 Å². The van der Waals surface area contributed by atoms with Gasteiger partial charge in [-0.2, -0.15) is 0 Å². The van der Waals surface area contributed by atoms with Gasteiger partial charge in [0.1, 0.15) is 6.61 Å². The van der Waals surface area contributed by atoms with Crippen molar-refractivity contribution in [1.82, 2.24) is 5.32 Å². The quantitative estimate of drug-likeness (QED) is 0.837. The summed E-state index contributed by atoms with van der Waals surface area (Å²) in [5, 5.41) is 3.12. The fourth-order valence-electron chi connectivity index (χ4n) is 2.57. The molecule has 1 aliphatic rings. The second-order valence-electron chi connectivity index (χ2n) is 5.32. The summed E-state index contributed by atoms with van der Waals surface area (Å²) in [5.74, 6) is 2.01. The van der Waals surface area contributed by atoms with E-state index in [2.05, 4.69) is 12.2 Å². The third kappa shape index (κ3) is 4.02. The van der Waals surface area contributed by atoms with Crippen molar-refractivity contribution in [1.29, 1.82) is 0 Å². The molecule has 118 valence electrons. The Morgan fingerprint density at radius 3 is 2.33 bits per heavy atom. The molecule has 0 aromatic heterocycles. The van der Waals surface area contributed by atoms with Gasteiger partial charge in [0.05, 0.1) is 26.4 Å². The summed E-state index contributed by atoms with van der Waals surface area (Å²) in [5.41, 5.74) is 1.09. The van der Waals surface area contributed by atoms with E-state index in [1.54, 1.807) is 14.2 Å². The fraction of sp³-hybridized carbons (Fsp3) is 0.625. The van der Waals surface area contributed by atoms with E-state index in [-0.39, 0.29) is 6.10 Å². The van der Waals surface area contributed by atoms with Gasteiger partial charge in [0, 0.05) is 6.54 Å². The first-order chi connectivity index (χ1) is 10.2. The molecule has 1 heterocycles. The van der Waals surface area contributed by atoms with Crippen LogP contribution >= 0.6 is 0 Å². The third-order valence-corrected chi connectivity index (χ3v) is 3.63. The summed E-state index contributed by atoms with van der Waals surface area (Å²) >= 11 is 0. The monoisotopic (exact) mass is 295 g/mol. The zero-order valence-corrected chi connectivity index (χ0v) is 13.3. The van der Waals surface area contributed by atoms with E-state index < -0.39 is 0 Å². The molecule has 5 heteroatoms. The van der Waals surface area contributed by atoms with Gasteiger partial charge in [-0.15, -0.1) is 0 Å². The average Bonchev–Trinajstić information content (AvgIpc) is 2.90. The van der Waals surface area contributed by atoms with Crippen LogP contribution in [0.2, 0.25) is 0 Å². The lowest BCUT2D eigenvalue weighted by molar-refractivity contribution is 0.0253. The van der Waals surface area contributed by atoms with Crippen LogP contribution in [0, 0.1) is 0 Å². The number of benzene rings is 1. The summed E-state index contributed by atoms with van der Waals surface area (Å²) in [4.78, 5) is 0. The zero-order chi connectivity index (χ0) is 15.2. The predicted molar refractivity (Wildman–Crippen MR) is 81.4 cm³/mol. The van der Waals surface area contributed by atoms with Crippen molar-refractivity contribution in [2.45, 2.75) is 38.5 Å². The molecule has 0 saturated carbocycles. The van der Waals surface area contributed by atoms with Crippen molar-refractivity contribution < 1.29 is 18.9 Å². The lowest BCUT2D eigenvalue weighted by atomic mass is 10.1. The van der Waals surface area contributed by atoms with E-state index in [1.165, 1.54) is 0 Å². The highest BCUT2D eigenvalue weighted by molar-refractivity contribution is 5.53. The van der Waals surface area contributed by atoms with E-state index in [1.807, 2.05) is 19.2 Å². The molecule has 0 amide bonds. The van der Waals surface area contributed by atoms with Crippen LogP contribution in [0.3, 0.4) is 0 Å². The molecule has 0 spiro atoms. The van der Waals surface area contributed by atoms with Crippen LogP contribution in [0.5, 0.6) is 17.2 Å². The van der Waals surface area contributed by atoms with Crippen molar-refractivity contribution in [3.05, 3.63) is 17.7 Å². The van der Waals surface area contributed by atoms with Gasteiger partial charge in [-0.3, -0.25) is 0 Å². The second-order valence-corrected chi connectivity index (χ2v) is 5.32. The SMILES string of the molecule is CNCc1cc(OC)c(OCC2CCC(C)O2)c(OC)c1. The zero-order valence-electron chi connectivity index (χ0n) is 13.3. The summed E-state index contributed by atoms with van der Waals surface area (Å²) in [6, 6.07) is 3.93. The number of hydrogen-bond donors (Lipinski definition) is 1. The Morgan fingerprint density at radius 2 is 1.86 bits per heavy atom. The minimum Gasteiger partial charge on any atom is -0.493 e. The summed E-state index contributed by atoms with van der Waals surface area (Å²) < 4.78 is 22.6. The number of methoxy groups -OCH3 is 2. The average molecular weight is 295 g/mol. The van der Waals surface area contributed by atoms with E-state index in [0.29, 0.717) is 30.0 Å². The van der Waals surface area contributed by atoms with Gasteiger partial charge in [0.2, 0.25) is 5.75 Å². The molecule has 5 nitrogen and oxygen atoms in total. The topological polar surface area (TPSA) is 49.0 Å². The molecule has 1 aliphatic heterocycles. The standard InChI is InChI=1S/C16H25NO4/c1-11-5-6-13(21-11)10-20-16-14(18-3)7-12(9-17-2)8-15(16)19-4/h7-8,11,13,17H,5-6,9-10H2,1-4H3. The van der Waals surface area contributed by atoms with E-state index in [4.69, 9.17) is 18.9 Å². The number of nitrogens with one attached hydrogen (secondary N) is 1. The molecular formula is C16H25NO4. The summed E-state index contributed by atoms with van der Waals surface area (Å²) in [6.07, 6.45) is 2.58. The van der Waals surface area contributed by atoms with Gasteiger partial charge >= 0.3 is 0 Å². The molecular weight excluding hydrogens is 270 g/mol. The van der Waals surface area contributed by atoms with Crippen LogP contribution in [0.1, 0.15) is 25.3 Å². The van der Waals surface area contributed by atoms with Gasteiger partial charge in [0.25, 0.3) is 0 Å². The van der Waals surface area contributed by atoms with Gasteiger partial charge < -0.3 is 24.3 Å². The molecule has 1 fully saturated rings. The first-order valence-corrected chi connectivity index (χ1v) is 7.35. The maximum absolute atomic E-state index is 5.92. The predicted octanol–water partition coefficient (Wildman–Crippen LogP) is 2.37. The smallest absolute Gasteiger partial charge is 0.203 e. The van der Waals surface area contributed by atoms with Crippen LogP contribution in [0.25, 0.3) is 0 Å². The molecule has 0 radical (unpaired) electrons. The number of rotatable bonds is 7. The molecule has 1 N–H and O–H groups in total. The Balaban J connectivity index is 2.12. The van der Waals surface area contributed by atoms with Crippen molar-refractivity contribution in [3.8, 4) is 17.2 Å². The first kappa shape index (κ1) is 15.9. The Hall–Kier alpha value is -1.46. The Morgan fingerprint density at radius 1 is 1.19 bits per heavy atom. The molecule has 1 aromatic rings. The lowest BCUT2D eigenvalue weighted by Gasteiger charge is -2.18. The molecule has 2 rings (SSSR count). The first-order valence-electron chi connectivity index (χ1n) is 7.35. The van der Waals surface area contributed by atoms with Crippen molar-refractivity contribution in [2.75, 3.05) is 27.9 Å². The maximum atomic E-state index is 5.92. The largest absolute Gasteiger partial charge is 0.493 e. The Bertz CT molecular complexity index is 439. The highest BCUT2D eigenvalue weighted by atomic mass is 16.6. The van der Waals surface area contributed by atoms with E-state index in [9.17, 15) is 0 Å². The molecule has 2 atom stereocenters. The van der Waals surface area contributed by atoms with Crippen molar-refractivity contribution in [3.63, 3.8) is 0 Å². The second kappa shape index (κ2) is 7.52. The van der Waals surface area contributed by atoms with Crippen molar-refractivity contribution >= 4 is 0 Å². The Kier molecular flexibility index (Phi) is 5.70. The van der Waals surface area contributed by atoms with Gasteiger partial charge in [-0.25, -0.2) is 0 Å². The Labute approximate surface area is 126 Å². The molecule has 1 saturated heterocycles. The highest BCUT2D eigenvalue weighted by Gasteiger charge is 2.23. The minimum atomic E-state index is 0.145. The van der Waals surface area contributed by atoms with E-state index >= 15 is 0 Å². The number of ether oxygens (including phenoxy) is 4. The molecule has 1 aromatic carbocycles. The van der Waals surface area contributed by atoms with Crippen LogP contribution < -0.4 is 19.5 Å².